The van der Waals surface area contributed by atoms with Gasteiger partial charge in [0.15, 0.2) is 0 Å². The van der Waals surface area contributed by atoms with E-state index in [9.17, 15) is 0 Å². The Morgan fingerprint density at radius 3 is 2.82 bits per heavy atom. The first-order valence-corrected chi connectivity index (χ1v) is 5.94. The van der Waals surface area contributed by atoms with Crippen molar-refractivity contribution in [1.82, 2.24) is 25.1 Å². The molecule has 2 rings (SSSR count). The first-order valence-electron chi connectivity index (χ1n) is 5.12. The van der Waals surface area contributed by atoms with Crippen molar-refractivity contribution < 1.29 is 0 Å². The Balaban J connectivity index is 2.25. The van der Waals surface area contributed by atoms with Gasteiger partial charge in [0.25, 0.3) is 0 Å². The molecule has 0 aliphatic carbocycles. The topological polar surface area (TPSA) is 105 Å². The van der Waals surface area contributed by atoms with Crippen LogP contribution < -0.4 is 11.3 Å². The number of anilines is 1. The number of aromatic nitrogens is 5. The van der Waals surface area contributed by atoms with E-state index in [4.69, 9.17) is 5.84 Å². The Bertz CT molecular complexity index is 488. The molecule has 7 nitrogen and oxygen atoms in total. The number of nitrogens with one attached hydrogen (secondary N) is 2. The SMILES string of the molecule is CCc1nc(NN)cc(Sc2n[nH]c(C)n2)n1. The maximum atomic E-state index is 5.35. The van der Waals surface area contributed by atoms with Crippen molar-refractivity contribution >= 4 is 17.6 Å². The van der Waals surface area contributed by atoms with Gasteiger partial charge in [0.2, 0.25) is 5.16 Å². The molecule has 0 aliphatic rings. The Morgan fingerprint density at radius 1 is 1.41 bits per heavy atom. The van der Waals surface area contributed by atoms with Gasteiger partial charge >= 0.3 is 0 Å². The summed E-state index contributed by atoms with van der Waals surface area (Å²) >= 11 is 1.37. The maximum Gasteiger partial charge on any atom is 0.214 e. The summed E-state index contributed by atoms with van der Waals surface area (Å²) in [6, 6.07) is 1.76. The van der Waals surface area contributed by atoms with Crippen LogP contribution in [0.4, 0.5) is 5.82 Å². The zero-order chi connectivity index (χ0) is 12.3. The Labute approximate surface area is 103 Å². The summed E-state index contributed by atoms with van der Waals surface area (Å²) < 4.78 is 0. The molecule has 0 radical (unpaired) electrons. The van der Waals surface area contributed by atoms with E-state index in [2.05, 4.69) is 30.6 Å². The predicted octanol–water partition coefficient (Wildman–Crippen LogP) is 0.902. The van der Waals surface area contributed by atoms with E-state index < -0.39 is 0 Å². The molecule has 0 spiro atoms. The molecular weight excluding hydrogens is 238 g/mol. The van der Waals surface area contributed by atoms with Crippen molar-refractivity contribution in [2.75, 3.05) is 5.43 Å². The van der Waals surface area contributed by atoms with E-state index >= 15 is 0 Å². The monoisotopic (exact) mass is 251 g/mol. The first kappa shape index (κ1) is 11.8. The van der Waals surface area contributed by atoms with Crippen LogP contribution in [-0.2, 0) is 6.42 Å². The molecule has 4 N–H and O–H groups in total. The number of nitrogen functional groups attached to an aromatic ring is 1. The van der Waals surface area contributed by atoms with Gasteiger partial charge in [-0.25, -0.2) is 20.8 Å². The molecule has 0 unspecified atom stereocenters. The molecule has 0 aliphatic heterocycles. The Morgan fingerprint density at radius 2 is 2.24 bits per heavy atom. The third kappa shape index (κ3) is 2.92. The molecule has 0 amide bonds. The molecule has 17 heavy (non-hydrogen) atoms. The molecule has 0 fully saturated rings. The number of rotatable bonds is 4. The Hall–Kier alpha value is -1.67. The lowest BCUT2D eigenvalue weighted by Crippen LogP contribution is -2.10. The van der Waals surface area contributed by atoms with Crippen LogP contribution in [-0.4, -0.2) is 25.1 Å². The summed E-state index contributed by atoms with van der Waals surface area (Å²) in [7, 11) is 0. The van der Waals surface area contributed by atoms with Gasteiger partial charge in [0.05, 0.1) is 0 Å². The summed E-state index contributed by atoms with van der Waals surface area (Å²) in [6.45, 7) is 3.84. The molecule has 0 saturated carbocycles. The van der Waals surface area contributed by atoms with Crippen molar-refractivity contribution in [3.05, 3.63) is 17.7 Å². The van der Waals surface area contributed by atoms with Crippen LogP contribution in [0.5, 0.6) is 0 Å². The quantitative estimate of drug-likeness (QED) is 0.421. The lowest BCUT2D eigenvalue weighted by atomic mass is 10.4. The lowest BCUT2D eigenvalue weighted by Gasteiger charge is -2.04. The molecule has 90 valence electrons. The van der Waals surface area contributed by atoms with E-state index in [0.29, 0.717) is 11.0 Å². The van der Waals surface area contributed by atoms with Crippen molar-refractivity contribution in [2.24, 2.45) is 5.84 Å². The zero-order valence-electron chi connectivity index (χ0n) is 9.56. The third-order valence-electron chi connectivity index (χ3n) is 1.99. The van der Waals surface area contributed by atoms with Gasteiger partial charge in [-0.1, -0.05) is 6.92 Å². The van der Waals surface area contributed by atoms with E-state index in [1.54, 1.807) is 6.07 Å². The molecule has 2 aromatic rings. The minimum absolute atomic E-state index is 0.589. The minimum Gasteiger partial charge on any atom is -0.308 e. The number of nitrogens with two attached hydrogens (primary N) is 1. The van der Waals surface area contributed by atoms with Crippen molar-refractivity contribution in [1.29, 1.82) is 0 Å². The van der Waals surface area contributed by atoms with E-state index in [-0.39, 0.29) is 0 Å². The van der Waals surface area contributed by atoms with Crippen LogP contribution >= 0.6 is 11.8 Å². The summed E-state index contributed by atoms with van der Waals surface area (Å²) in [5.41, 5.74) is 2.52. The van der Waals surface area contributed by atoms with Gasteiger partial charge < -0.3 is 5.43 Å². The van der Waals surface area contributed by atoms with Crippen molar-refractivity contribution in [3.63, 3.8) is 0 Å². The Kier molecular flexibility index (Phi) is 3.55. The standard InChI is InChI=1S/C9H13N7S/c1-3-6-12-7(14-10)4-8(13-6)17-9-11-5(2)15-16-9/h4H,3,10H2,1-2H3,(H,11,15,16)(H,12,13,14). The van der Waals surface area contributed by atoms with Crippen molar-refractivity contribution in [2.45, 2.75) is 30.5 Å². The largest absolute Gasteiger partial charge is 0.308 e. The number of hydrazine groups is 1. The third-order valence-corrected chi connectivity index (χ3v) is 2.77. The fourth-order valence-electron chi connectivity index (χ4n) is 1.22. The van der Waals surface area contributed by atoms with E-state index in [0.717, 1.165) is 23.1 Å². The van der Waals surface area contributed by atoms with Crippen LogP contribution in [0.3, 0.4) is 0 Å². The van der Waals surface area contributed by atoms with Crippen LogP contribution in [0.15, 0.2) is 16.2 Å². The average Bonchev–Trinajstić information content (AvgIpc) is 2.74. The van der Waals surface area contributed by atoms with Crippen LogP contribution in [0, 0.1) is 6.92 Å². The molecule has 0 atom stereocenters. The fraction of sp³-hybridized carbons (Fsp3) is 0.333. The normalized spacial score (nSPS) is 10.5. The molecule has 0 saturated heterocycles. The van der Waals surface area contributed by atoms with Gasteiger partial charge in [0, 0.05) is 12.5 Å². The lowest BCUT2D eigenvalue weighted by molar-refractivity contribution is 0.883. The van der Waals surface area contributed by atoms with Gasteiger partial charge in [0.1, 0.15) is 22.5 Å². The summed E-state index contributed by atoms with van der Waals surface area (Å²) in [6.07, 6.45) is 0.746. The average molecular weight is 251 g/mol. The second kappa shape index (κ2) is 5.11. The molecule has 2 aromatic heterocycles. The van der Waals surface area contributed by atoms with E-state index in [1.807, 2.05) is 13.8 Å². The molecule has 8 heteroatoms. The second-order valence-corrected chi connectivity index (χ2v) is 4.30. The van der Waals surface area contributed by atoms with Gasteiger partial charge in [-0.15, -0.1) is 5.10 Å². The first-order chi connectivity index (χ1) is 8.21. The van der Waals surface area contributed by atoms with E-state index in [1.165, 1.54) is 11.8 Å². The smallest absolute Gasteiger partial charge is 0.214 e. The van der Waals surface area contributed by atoms with Crippen LogP contribution in [0.1, 0.15) is 18.6 Å². The summed E-state index contributed by atoms with van der Waals surface area (Å²) in [4.78, 5) is 12.8. The predicted molar refractivity (Wildman–Crippen MR) is 64.5 cm³/mol. The molecule has 0 bridgehead atoms. The number of hydrogen-bond acceptors (Lipinski definition) is 7. The fourth-order valence-corrected chi connectivity index (χ4v) is 2.00. The number of nitrogens with zero attached hydrogens (tertiary/aromatic N) is 4. The number of aryl methyl sites for hydroxylation is 2. The van der Waals surface area contributed by atoms with Crippen LogP contribution in [0.25, 0.3) is 0 Å². The van der Waals surface area contributed by atoms with Gasteiger partial charge in [-0.2, -0.15) is 0 Å². The van der Waals surface area contributed by atoms with Gasteiger partial charge in [-0.05, 0) is 18.7 Å². The zero-order valence-corrected chi connectivity index (χ0v) is 10.4. The molecular formula is C9H13N7S. The number of H-pyrrole nitrogens is 1. The number of hydrogen-bond donors (Lipinski definition) is 3. The molecule has 0 aromatic carbocycles. The van der Waals surface area contributed by atoms with Crippen molar-refractivity contribution in [3.8, 4) is 0 Å². The summed E-state index contributed by atoms with van der Waals surface area (Å²) in [5.74, 6) is 7.45. The van der Waals surface area contributed by atoms with Crippen LogP contribution in [0.2, 0.25) is 0 Å². The minimum atomic E-state index is 0.589. The highest BCUT2D eigenvalue weighted by Crippen LogP contribution is 2.24. The maximum absolute atomic E-state index is 5.35. The number of aromatic amines is 1. The van der Waals surface area contributed by atoms with Gasteiger partial charge in [-0.3, -0.25) is 5.10 Å². The highest BCUT2D eigenvalue weighted by molar-refractivity contribution is 7.99. The highest BCUT2D eigenvalue weighted by Gasteiger charge is 2.07. The second-order valence-electron chi connectivity index (χ2n) is 3.31. The summed E-state index contributed by atoms with van der Waals surface area (Å²) in [5, 5.41) is 8.22. The molecule has 2 heterocycles. The highest BCUT2D eigenvalue weighted by atomic mass is 32.2.